The summed E-state index contributed by atoms with van der Waals surface area (Å²) in [6.07, 6.45) is -0.860. The highest BCUT2D eigenvalue weighted by Crippen LogP contribution is 2.38. The summed E-state index contributed by atoms with van der Waals surface area (Å²) >= 11 is 0. The molecule has 1 aliphatic carbocycles. The minimum atomic E-state index is -4.56. The lowest BCUT2D eigenvalue weighted by molar-refractivity contribution is -0.189. The SMILES string of the molecule is Fc1ccc(OC(F)(F)c2c(F)cc(-c3ccc(OC4CCCC4)cc3F)cc2F)cc1F. The van der Waals surface area contributed by atoms with E-state index in [-0.39, 0.29) is 23.0 Å². The molecule has 0 saturated heterocycles. The average Bonchev–Trinajstić information content (AvgIpc) is 3.23. The maximum absolute atomic E-state index is 14.6. The van der Waals surface area contributed by atoms with Crippen molar-refractivity contribution in [3.05, 3.63) is 83.2 Å². The second-order valence-electron chi connectivity index (χ2n) is 7.68. The molecule has 0 amide bonds. The van der Waals surface area contributed by atoms with E-state index < -0.39 is 46.5 Å². The Morgan fingerprint density at radius 1 is 0.667 bits per heavy atom. The molecule has 0 unspecified atom stereocenters. The summed E-state index contributed by atoms with van der Waals surface area (Å²) in [5.74, 6) is -7.63. The second kappa shape index (κ2) is 8.96. The van der Waals surface area contributed by atoms with E-state index in [0.717, 1.165) is 31.7 Å². The van der Waals surface area contributed by atoms with Crippen LogP contribution < -0.4 is 9.47 Å². The Morgan fingerprint density at radius 2 is 1.27 bits per heavy atom. The van der Waals surface area contributed by atoms with Gasteiger partial charge in [0.25, 0.3) is 0 Å². The van der Waals surface area contributed by atoms with Crippen molar-refractivity contribution < 1.29 is 40.2 Å². The molecule has 0 aliphatic heterocycles. The van der Waals surface area contributed by atoms with E-state index in [1.807, 2.05) is 0 Å². The van der Waals surface area contributed by atoms with Crippen LogP contribution in [0.1, 0.15) is 31.2 Å². The van der Waals surface area contributed by atoms with Gasteiger partial charge >= 0.3 is 6.11 Å². The molecule has 1 saturated carbocycles. The molecule has 2 nitrogen and oxygen atoms in total. The molecule has 0 N–H and O–H groups in total. The van der Waals surface area contributed by atoms with Crippen LogP contribution in [0.4, 0.5) is 30.7 Å². The van der Waals surface area contributed by atoms with E-state index >= 15 is 0 Å². The van der Waals surface area contributed by atoms with Gasteiger partial charge in [-0.1, -0.05) is 0 Å². The highest BCUT2D eigenvalue weighted by Gasteiger charge is 2.41. The van der Waals surface area contributed by atoms with Gasteiger partial charge in [-0.2, -0.15) is 8.78 Å². The van der Waals surface area contributed by atoms with Crippen LogP contribution in [-0.2, 0) is 6.11 Å². The van der Waals surface area contributed by atoms with Gasteiger partial charge in [0.2, 0.25) is 0 Å². The van der Waals surface area contributed by atoms with Gasteiger partial charge < -0.3 is 9.47 Å². The molecule has 0 spiro atoms. The van der Waals surface area contributed by atoms with Gasteiger partial charge in [-0.15, -0.1) is 0 Å². The fraction of sp³-hybridized carbons (Fsp3) is 0.250. The van der Waals surface area contributed by atoms with Crippen LogP contribution in [0.2, 0.25) is 0 Å². The molecule has 0 atom stereocenters. The van der Waals surface area contributed by atoms with Crippen molar-refractivity contribution in [2.24, 2.45) is 0 Å². The normalized spacial score (nSPS) is 14.5. The molecular weight excluding hydrogens is 453 g/mol. The highest BCUT2D eigenvalue weighted by molar-refractivity contribution is 5.66. The Bertz CT molecular complexity index is 1150. The van der Waals surface area contributed by atoms with Crippen molar-refractivity contribution in [1.29, 1.82) is 0 Å². The molecule has 4 rings (SSSR count). The lowest BCUT2D eigenvalue weighted by Crippen LogP contribution is -2.25. The summed E-state index contributed by atoms with van der Waals surface area (Å²) < 4.78 is 109. The van der Waals surface area contributed by atoms with Crippen LogP contribution in [0.3, 0.4) is 0 Å². The number of benzene rings is 3. The number of hydrogen-bond acceptors (Lipinski definition) is 2. The summed E-state index contributed by atoms with van der Waals surface area (Å²) in [4.78, 5) is 0. The zero-order valence-electron chi connectivity index (χ0n) is 17.0. The summed E-state index contributed by atoms with van der Waals surface area (Å²) in [5, 5.41) is 0. The van der Waals surface area contributed by atoms with Gasteiger partial charge in [-0.25, -0.2) is 22.0 Å². The zero-order chi connectivity index (χ0) is 23.8. The molecule has 3 aromatic carbocycles. The molecule has 1 aliphatic rings. The molecule has 0 aromatic heterocycles. The average molecular weight is 470 g/mol. The van der Waals surface area contributed by atoms with Gasteiger partial charge in [0.15, 0.2) is 11.6 Å². The fourth-order valence-electron chi connectivity index (χ4n) is 3.75. The minimum Gasteiger partial charge on any atom is -0.490 e. The third-order valence-corrected chi connectivity index (χ3v) is 5.33. The van der Waals surface area contributed by atoms with E-state index in [1.54, 1.807) is 0 Å². The maximum atomic E-state index is 14.6. The Balaban J connectivity index is 1.60. The second-order valence-corrected chi connectivity index (χ2v) is 7.68. The maximum Gasteiger partial charge on any atom is 0.432 e. The van der Waals surface area contributed by atoms with Crippen LogP contribution in [0.25, 0.3) is 11.1 Å². The number of halogens is 7. The van der Waals surface area contributed by atoms with Crippen molar-refractivity contribution in [2.45, 2.75) is 37.9 Å². The van der Waals surface area contributed by atoms with Gasteiger partial charge in [-0.3, -0.25) is 0 Å². The molecular formula is C24H17F7O2. The number of ether oxygens (including phenoxy) is 2. The smallest absolute Gasteiger partial charge is 0.432 e. The Morgan fingerprint density at radius 3 is 1.88 bits per heavy atom. The minimum absolute atomic E-state index is 0.0266. The summed E-state index contributed by atoms with van der Waals surface area (Å²) in [6, 6.07) is 6.34. The van der Waals surface area contributed by atoms with Crippen LogP contribution in [-0.4, -0.2) is 6.10 Å². The lowest BCUT2D eigenvalue weighted by atomic mass is 10.0. The fourth-order valence-corrected chi connectivity index (χ4v) is 3.75. The topological polar surface area (TPSA) is 18.5 Å². The zero-order valence-corrected chi connectivity index (χ0v) is 17.0. The van der Waals surface area contributed by atoms with Gasteiger partial charge in [0.1, 0.15) is 34.5 Å². The van der Waals surface area contributed by atoms with E-state index in [4.69, 9.17) is 4.74 Å². The van der Waals surface area contributed by atoms with Crippen molar-refractivity contribution >= 4 is 0 Å². The molecule has 0 heterocycles. The Labute approximate surface area is 184 Å². The Hall–Kier alpha value is -3.23. The summed E-state index contributed by atoms with van der Waals surface area (Å²) in [5.41, 5.74) is -2.29. The predicted octanol–water partition coefficient (Wildman–Crippen LogP) is 7.50. The van der Waals surface area contributed by atoms with Gasteiger partial charge in [-0.05, 0) is 67.6 Å². The van der Waals surface area contributed by atoms with E-state index in [0.29, 0.717) is 30.3 Å². The van der Waals surface area contributed by atoms with Gasteiger partial charge in [0.05, 0.1) is 6.10 Å². The molecule has 9 heteroatoms. The largest absolute Gasteiger partial charge is 0.490 e. The standard InChI is InChI=1S/C24H17F7O2/c25-18-8-6-16(12-20(18)27)33-24(30,31)23-21(28)9-13(10-22(23)29)17-7-5-15(11-19(17)26)32-14-3-1-2-4-14/h5-12,14H,1-4H2. The van der Waals surface area contributed by atoms with E-state index in [9.17, 15) is 30.7 Å². The Kier molecular flexibility index (Phi) is 6.23. The quantitative estimate of drug-likeness (QED) is 0.348. The lowest BCUT2D eigenvalue weighted by Gasteiger charge is -2.20. The first kappa shape index (κ1) is 22.9. The first-order valence-corrected chi connectivity index (χ1v) is 10.1. The first-order chi connectivity index (χ1) is 15.6. The van der Waals surface area contributed by atoms with Crippen molar-refractivity contribution in [3.8, 4) is 22.6 Å². The van der Waals surface area contributed by atoms with E-state index in [2.05, 4.69) is 4.74 Å². The molecule has 0 radical (unpaired) electrons. The molecule has 33 heavy (non-hydrogen) atoms. The molecule has 1 fully saturated rings. The van der Waals surface area contributed by atoms with Crippen molar-refractivity contribution in [3.63, 3.8) is 0 Å². The number of alkyl halides is 2. The summed E-state index contributed by atoms with van der Waals surface area (Å²) in [6.45, 7) is 0. The molecule has 174 valence electrons. The van der Waals surface area contributed by atoms with Crippen LogP contribution in [0.15, 0.2) is 48.5 Å². The predicted molar refractivity (Wildman–Crippen MR) is 106 cm³/mol. The van der Waals surface area contributed by atoms with Crippen LogP contribution in [0.5, 0.6) is 11.5 Å². The first-order valence-electron chi connectivity index (χ1n) is 10.1. The third-order valence-electron chi connectivity index (χ3n) is 5.33. The van der Waals surface area contributed by atoms with Crippen molar-refractivity contribution in [2.75, 3.05) is 0 Å². The monoisotopic (exact) mass is 470 g/mol. The summed E-state index contributed by atoms with van der Waals surface area (Å²) in [7, 11) is 0. The molecule has 3 aromatic rings. The number of rotatable bonds is 6. The van der Waals surface area contributed by atoms with Crippen LogP contribution in [0, 0.1) is 29.1 Å². The molecule has 0 bridgehead atoms. The van der Waals surface area contributed by atoms with E-state index in [1.165, 1.54) is 12.1 Å². The van der Waals surface area contributed by atoms with Crippen molar-refractivity contribution in [1.82, 2.24) is 0 Å². The third kappa shape index (κ3) is 4.91. The highest BCUT2D eigenvalue weighted by atomic mass is 19.3. The number of hydrogen-bond donors (Lipinski definition) is 0. The van der Waals surface area contributed by atoms with Gasteiger partial charge in [0, 0.05) is 17.7 Å². The van der Waals surface area contributed by atoms with Crippen LogP contribution >= 0.6 is 0 Å².